The second-order valence-corrected chi connectivity index (χ2v) is 15.7. The fourth-order valence-electron chi connectivity index (χ4n) is 8.35. The molecule has 52 heavy (non-hydrogen) atoms. The zero-order chi connectivity index (χ0) is 34.8. The van der Waals surface area contributed by atoms with E-state index in [-0.39, 0.29) is 0 Å². The summed E-state index contributed by atoms with van der Waals surface area (Å²) in [6, 6.07) is 58.9. The SMILES string of the molecule is Cc1sc(-c2ccccc2)nc1C1=C(c2nc(-c3ccccc3)sc2C)C2(c3ccccc31)c1ccccc1N(c1ccccc1)c1ccccc12. The third-order valence-corrected chi connectivity index (χ3v) is 12.5. The molecule has 10 rings (SSSR count). The minimum atomic E-state index is -0.667. The molecule has 0 fully saturated rings. The van der Waals surface area contributed by atoms with E-state index in [9.17, 15) is 0 Å². The molecule has 8 aromatic rings. The monoisotopic (exact) mass is 703 g/mol. The van der Waals surface area contributed by atoms with Crippen LogP contribution in [0.2, 0.25) is 0 Å². The lowest BCUT2D eigenvalue weighted by Gasteiger charge is -2.45. The lowest BCUT2D eigenvalue weighted by atomic mass is 9.63. The number of hydrogen-bond acceptors (Lipinski definition) is 5. The highest BCUT2D eigenvalue weighted by Gasteiger charge is 2.55. The summed E-state index contributed by atoms with van der Waals surface area (Å²) in [4.78, 5) is 15.9. The van der Waals surface area contributed by atoms with Crippen molar-refractivity contribution in [3.8, 4) is 21.1 Å². The van der Waals surface area contributed by atoms with Crippen molar-refractivity contribution in [3.63, 3.8) is 0 Å². The quantitative estimate of drug-likeness (QED) is 0.179. The number of nitrogens with zero attached hydrogens (tertiary/aromatic N) is 3. The Kier molecular flexibility index (Phi) is 7.20. The average Bonchev–Trinajstić information content (AvgIpc) is 3.87. The highest BCUT2D eigenvalue weighted by atomic mass is 32.1. The first-order valence-corrected chi connectivity index (χ1v) is 19.2. The molecule has 0 unspecified atom stereocenters. The number of hydrogen-bond donors (Lipinski definition) is 0. The first-order chi connectivity index (χ1) is 25.6. The molecule has 1 aliphatic carbocycles. The van der Waals surface area contributed by atoms with Gasteiger partial charge in [-0.25, -0.2) is 9.97 Å². The summed E-state index contributed by atoms with van der Waals surface area (Å²) in [5, 5.41) is 2.05. The van der Waals surface area contributed by atoms with E-state index >= 15 is 0 Å². The van der Waals surface area contributed by atoms with Crippen LogP contribution in [0.3, 0.4) is 0 Å². The van der Waals surface area contributed by atoms with Crippen molar-refractivity contribution in [2.75, 3.05) is 4.90 Å². The molecule has 1 aliphatic heterocycles. The van der Waals surface area contributed by atoms with Gasteiger partial charge in [-0.15, -0.1) is 22.7 Å². The van der Waals surface area contributed by atoms with Crippen molar-refractivity contribution in [2.24, 2.45) is 0 Å². The van der Waals surface area contributed by atoms with Crippen molar-refractivity contribution >= 4 is 50.9 Å². The Morgan fingerprint density at radius 3 is 1.48 bits per heavy atom. The molecule has 5 heteroatoms. The topological polar surface area (TPSA) is 29.0 Å². The number of benzene rings is 6. The van der Waals surface area contributed by atoms with Crippen molar-refractivity contribution in [3.05, 3.63) is 207 Å². The number of fused-ring (bicyclic) bond motifs is 6. The Hall–Kier alpha value is -5.88. The van der Waals surface area contributed by atoms with Crippen LogP contribution in [-0.4, -0.2) is 9.97 Å². The van der Waals surface area contributed by atoms with Gasteiger partial charge >= 0.3 is 0 Å². The molecular weight excluding hydrogens is 671 g/mol. The van der Waals surface area contributed by atoms with Crippen molar-refractivity contribution < 1.29 is 0 Å². The number of aryl methyl sites for hydroxylation is 2. The highest BCUT2D eigenvalue weighted by molar-refractivity contribution is 7.15. The number of rotatable bonds is 5. The summed E-state index contributed by atoms with van der Waals surface area (Å²) < 4.78 is 0. The van der Waals surface area contributed by atoms with Crippen molar-refractivity contribution in [2.45, 2.75) is 19.3 Å². The summed E-state index contributed by atoms with van der Waals surface area (Å²) >= 11 is 3.54. The van der Waals surface area contributed by atoms with Gasteiger partial charge in [-0.05, 0) is 60.4 Å². The van der Waals surface area contributed by atoms with Crippen LogP contribution in [0, 0.1) is 13.8 Å². The number of anilines is 3. The molecule has 0 atom stereocenters. The maximum atomic E-state index is 5.61. The molecule has 0 saturated carbocycles. The third-order valence-electron chi connectivity index (χ3n) is 10.4. The zero-order valence-corrected chi connectivity index (χ0v) is 30.4. The van der Waals surface area contributed by atoms with E-state index in [1.165, 1.54) is 37.6 Å². The van der Waals surface area contributed by atoms with Gasteiger partial charge in [0.1, 0.15) is 10.0 Å². The smallest absolute Gasteiger partial charge is 0.124 e. The largest absolute Gasteiger partial charge is 0.310 e. The van der Waals surface area contributed by atoms with Gasteiger partial charge in [0.25, 0.3) is 0 Å². The summed E-state index contributed by atoms with van der Waals surface area (Å²) in [5.41, 5.74) is 14.4. The fourth-order valence-corrected chi connectivity index (χ4v) is 10.2. The maximum absolute atomic E-state index is 5.61. The predicted molar refractivity (Wildman–Crippen MR) is 218 cm³/mol. The van der Waals surface area contributed by atoms with Crippen LogP contribution < -0.4 is 4.90 Å². The molecule has 0 radical (unpaired) electrons. The molecule has 0 bridgehead atoms. The van der Waals surface area contributed by atoms with Gasteiger partial charge in [0.05, 0.1) is 28.2 Å². The number of para-hydroxylation sites is 3. The molecule has 2 aliphatic rings. The number of thiazole rings is 2. The first-order valence-electron chi connectivity index (χ1n) is 17.6. The number of aromatic nitrogens is 2. The van der Waals surface area contributed by atoms with Gasteiger partial charge in [-0.2, -0.15) is 0 Å². The van der Waals surface area contributed by atoms with E-state index < -0.39 is 5.41 Å². The van der Waals surface area contributed by atoms with Crippen LogP contribution in [0.5, 0.6) is 0 Å². The Morgan fingerprint density at radius 2 is 0.904 bits per heavy atom. The van der Waals surface area contributed by atoms with Crippen LogP contribution in [0.25, 0.3) is 32.3 Å². The lowest BCUT2D eigenvalue weighted by Crippen LogP contribution is -2.36. The van der Waals surface area contributed by atoms with E-state index in [2.05, 4.69) is 183 Å². The molecule has 0 N–H and O–H groups in total. The van der Waals surface area contributed by atoms with Crippen LogP contribution in [0.4, 0.5) is 17.1 Å². The van der Waals surface area contributed by atoms with Crippen LogP contribution in [0.1, 0.15) is 43.4 Å². The predicted octanol–water partition coefficient (Wildman–Crippen LogP) is 12.6. The maximum Gasteiger partial charge on any atom is 0.124 e. The fraction of sp³-hybridized carbons (Fsp3) is 0.0638. The lowest BCUT2D eigenvalue weighted by molar-refractivity contribution is 0.791. The van der Waals surface area contributed by atoms with E-state index in [1.54, 1.807) is 22.7 Å². The molecule has 3 nitrogen and oxygen atoms in total. The van der Waals surface area contributed by atoms with E-state index in [0.717, 1.165) is 55.2 Å². The average molecular weight is 704 g/mol. The minimum absolute atomic E-state index is 0.667. The van der Waals surface area contributed by atoms with Crippen LogP contribution in [0.15, 0.2) is 164 Å². The van der Waals surface area contributed by atoms with Gasteiger partial charge in [0.2, 0.25) is 0 Å². The Balaban J connectivity index is 1.36. The molecule has 248 valence electrons. The standard InChI is InChI=1S/C47H33N3S2/c1-30-43(48-45(51-30)32-18-6-3-7-19-32)41-35-24-12-13-25-36(35)47(42(41)44-31(2)52-46(49-44)33-20-8-4-9-21-33)37-26-14-16-28-39(37)50(34-22-10-5-11-23-34)40-29-17-15-27-38(40)47/h3-29H,1-2H3. The molecule has 3 heterocycles. The van der Waals surface area contributed by atoms with Crippen LogP contribution >= 0.6 is 22.7 Å². The highest BCUT2D eigenvalue weighted by Crippen LogP contribution is 2.66. The Bertz CT molecular complexity index is 2610. The van der Waals surface area contributed by atoms with Crippen molar-refractivity contribution in [1.29, 1.82) is 0 Å². The molecular formula is C47H33N3S2. The van der Waals surface area contributed by atoms with Crippen LogP contribution in [-0.2, 0) is 5.41 Å². The van der Waals surface area contributed by atoms with Crippen molar-refractivity contribution in [1.82, 2.24) is 9.97 Å². The van der Waals surface area contributed by atoms with Gasteiger partial charge < -0.3 is 4.90 Å². The molecule has 1 spiro atoms. The van der Waals surface area contributed by atoms with Gasteiger partial charge in [-0.1, -0.05) is 140 Å². The Labute approximate surface area is 311 Å². The summed E-state index contributed by atoms with van der Waals surface area (Å²) in [6.07, 6.45) is 0. The summed E-state index contributed by atoms with van der Waals surface area (Å²) in [5.74, 6) is 0. The molecule has 0 saturated heterocycles. The molecule has 0 amide bonds. The van der Waals surface area contributed by atoms with E-state index in [4.69, 9.17) is 9.97 Å². The Morgan fingerprint density at radius 1 is 0.462 bits per heavy atom. The third kappa shape index (κ3) is 4.49. The van der Waals surface area contributed by atoms with E-state index in [0.29, 0.717) is 0 Å². The van der Waals surface area contributed by atoms with Gasteiger partial charge in [-0.3, -0.25) is 0 Å². The van der Waals surface area contributed by atoms with Gasteiger partial charge in [0.15, 0.2) is 0 Å². The zero-order valence-electron chi connectivity index (χ0n) is 28.7. The summed E-state index contributed by atoms with van der Waals surface area (Å²) in [7, 11) is 0. The second-order valence-electron chi connectivity index (χ2n) is 13.3. The molecule has 2 aromatic heterocycles. The van der Waals surface area contributed by atoms with Gasteiger partial charge in [0, 0.05) is 37.7 Å². The number of allylic oxidation sites excluding steroid dienone is 1. The van der Waals surface area contributed by atoms with E-state index in [1.807, 2.05) is 0 Å². The second kappa shape index (κ2) is 12.1. The first kappa shape index (κ1) is 30.9. The molecule has 6 aromatic carbocycles. The normalized spacial score (nSPS) is 14.0. The summed E-state index contributed by atoms with van der Waals surface area (Å²) in [6.45, 7) is 4.46. The minimum Gasteiger partial charge on any atom is -0.310 e.